The van der Waals surface area contributed by atoms with Gasteiger partial charge in [0.05, 0.1) is 34.6 Å². The number of benzene rings is 1. The molecule has 0 N–H and O–H groups in total. The minimum atomic E-state index is -0.188. The number of rotatable bonds is 4. The first-order valence-corrected chi connectivity index (χ1v) is 8.51. The van der Waals surface area contributed by atoms with Crippen molar-refractivity contribution in [1.82, 2.24) is 28.9 Å². The van der Waals surface area contributed by atoms with E-state index in [1.54, 1.807) is 34.7 Å². The van der Waals surface area contributed by atoms with Gasteiger partial charge in [0, 0.05) is 13.2 Å². The summed E-state index contributed by atoms with van der Waals surface area (Å²) in [6, 6.07) is 5.46. The number of imidazole rings is 1. The molecule has 0 fully saturated rings. The third-order valence-electron chi connectivity index (χ3n) is 4.26. The highest BCUT2D eigenvalue weighted by atomic mass is 35.5. The van der Waals surface area contributed by atoms with E-state index in [-0.39, 0.29) is 11.6 Å². The van der Waals surface area contributed by atoms with Crippen LogP contribution in [0.3, 0.4) is 0 Å². The summed E-state index contributed by atoms with van der Waals surface area (Å²) < 4.78 is 10.1. The van der Waals surface area contributed by atoms with Crippen LogP contribution < -0.4 is 5.56 Å². The summed E-state index contributed by atoms with van der Waals surface area (Å²) in [4.78, 5) is 17.8. The Morgan fingerprint density at radius 2 is 2.08 bits per heavy atom. The Labute approximate surface area is 153 Å². The van der Waals surface area contributed by atoms with Crippen LogP contribution in [-0.4, -0.2) is 36.1 Å². The van der Waals surface area contributed by atoms with Gasteiger partial charge < -0.3 is 9.30 Å². The zero-order chi connectivity index (χ0) is 18.4. The van der Waals surface area contributed by atoms with Gasteiger partial charge in [-0.3, -0.25) is 9.20 Å². The fourth-order valence-corrected chi connectivity index (χ4v) is 3.46. The first kappa shape index (κ1) is 16.7. The molecular weight excluding hydrogens is 356 g/mol. The number of hydrogen-bond donors (Lipinski definition) is 0. The standard InChI is InChI=1S/C17H17ClN6O2/c1-10(2)23-14-12(18)5-4-6-13(14)22-9-19-16(15(22)17(23)25)24-11(8-26-3)7-20-21-24/h4-7,9-10H,8H2,1-3H3. The molecule has 0 spiro atoms. The van der Waals surface area contributed by atoms with Gasteiger partial charge in [0.1, 0.15) is 6.33 Å². The van der Waals surface area contributed by atoms with Crippen molar-refractivity contribution >= 4 is 28.2 Å². The minimum Gasteiger partial charge on any atom is -0.378 e. The molecule has 4 aromatic rings. The van der Waals surface area contributed by atoms with Crippen molar-refractivity contribution in [1.29, 1.82) is 0 Å². The molecule has 134 valence electrons. The van der Waals surface area contributed by atoms with E-state index in [0.29, 0.717) is 34.2 Å². The first-order valence-electron chi connectivity index (χ1n) is 8.13. The van der Waals surface area contributed by atoms with Crippen LogP contribution in [0.2, 0.25) is 5.02 Å². The molecule has 0 unspecified atom stereocenters. The smallest absolute Gasteiger partial charge is 0.279 e. The Kier molecular flexibility index (Phi) is 4.01. The molecule has 0 saturated heterocycles. The first-order chi connectivity index (χ1) is 12.5. The van der Waals surface area contributed by atoms with Crippen LogP contribution >= 0.6 is 11.6 Å². The van der Waals surface area contributed by atoms with E-state index in [0.717, 1.165) is 5.52 Å². The lowest BCUT2D eigenvalue weighted by Gasteiger charge is -2.16. The molecule has 3 aromatic heterocycles. The van der Waals surface area contributed by atoms with Crippen LogP contribution in [0.5, 0.6) is 0 Å². The molecular formula is C17H17ClN6O2. The normalized spacial score (nSPS) is 11.9. The summed E-state index contributed by atoms with van der Waals surface area (Å²) >= 11 is 6.41. The fraction of sp³-hybridized carbons (Fsp3) is 0.294. The summed E-state index contributed by atoms with van der Waals surface area (Å²) in [5.41, 5.74) is 2.41. The lowest BCUT2D eigenvalue weighted by molar-refractivity contribution is 0.179. The van der Waals surface area contributed by atoms with E-state index in [1.165, 1.54) is 4.68 Å². The summed E-state index contributed by atoms with van der Waals surface area (Å²) in [6.45, 7) is 4.20. The lowest BCUT2D eigenvalue weighted by atomic mass is 10.2. The summed E-state index contributed by atoms with van der Waals surface area (Å²) in [5.74, 6) is 0.413. The molecule has 0 saturated carbocycles. The van der Waals surface area contributed by atoms with Crippen molar-refractivity contribution in [3.8, 4) is 5.82 Å². The van der Waals surface area contributed by atoms with Gasteiger partial charge in [0.2, 0.25) is 0 Å². The van der Waals surface area contributed by atoms with Crippen LogP contribution in [0.15, 0.2) is 35.5 Å². The highest BCUT2D eigenvalue weighted by Gasteiger charge is 2.21. The predicted molar refractivity (Wildman–Crippen MR) is 98.0 cm³/mol. The largest absolute Gasteiger partial charge is 0.378 e. The van der Waals surface area contributed by atoms with E-state index >= 15 is 0 Å². The van der Waals surface area contributed by atoms with E-state index in [2.05, 4.69) is 15.3 Å². The van der Waals surface area contributed by atoms with Gasteiger partial charge in [-0.2, -0.15) is 4.68 Å². The quantitative estimate of drug-likeness (QED) is 0.550. The maximum atomic E-state index is 13.3. The van der Waals surface area contributed by atoms with Gasteiger partial charge in [-0.1, -0.05) is 22.9 Å². The topological polar surface area (TPSA) is 79.2 Å². The monoisotopic (exact) mass is 372 g/mol. The van der Waals surface area contributed by atoms with Crippen LogP contribution in [0.25, 0.3) is 22.4 Å². The molecule has 0 amide bonds. The van der Waals surface area contributed by atoms with Crippen molar-refractivity contribution in [3.05, 3.63) is 51.8 Å². The Morgan fingerprint density at radius 1 is 1.27 bits per heavy atom. The van der Waals surface area contributed by atoms with Gasteiger partial charge in [0.25, 0.3) is 5.56 Å². The predicted octanol–water partition coefficient (Wildman–Crippen LogP) is 2.61. The number of fused-ring (bicyclic) bond motifs is 3. The van der Waals surface area contributed by atoms with E-state index < -0.39 is 0 Å². The second kappa shape index (κ2) is 6.22. The van der Waals surface area contributed by atoms with Gasteiger partial charge in [-0.15, -0.1) is 5.10 Å². The van der Waals surface area contributed by atoms with Gasteiger partial charge >= 0.3 is 0 Å². The molecule has 0 aliphatic rings. The Morgan fingerprint density at radius 3 is 2.81 bits per heavy atom. The SMILES string of the molecule is COCc1cnnn1-c1ncn2c1c(=O)n(C(C)C)c1c(Cl)cccc12. The van der Waals surface area contributed by atoms with Crippen molar-refractivity contribution in [2.45, 2.75) is 26.5 Å². The molecule has 8 nitrogen and oxygen atoms in total. The zero-order valence-electron chi connectivity index (χ0n) is 14.5. The number of hydrogen-bond acceptors (Lipinski definition) is 5. The summed E-state index contributed by atoms with van der Waals surface area (Å²) in [5, 5.41) is 8.52. The van der Waals surface area contributed by atoms with Gasteiger partial charge in [0.15, 0.2) is 11.3 Å². The van der Waals surface area contributed by atoms with Crippen molar-refractivity contribution in [2.75, 3.05) is 7.11 Å². The molecule has 9 heteroatoms. The third kappa shape index (κ3) is 2.33. The average molecular weight is 373 g/mol. The molecule has 0 atom stereocenters. The van der Waals surface area contributed by atoms with Crippen molar-refractivity contribution in [2.24, 2.45) is 0 Å². The number of halogens is 1. The Bertz CT molecular complexity index is 1170. The second-order valence-corrected chi connectivity index (χ2v) is 6.64. The van der Waals surface area contributed by atoms with Crippen LogP contribution in [0.1, 0.15) is 25.6 Å². The van der Waals surface area contributed by atoms with Gasteiger partial charge in [-0.05, 0) is 26.0 Å². The molecule has 3 heterocycles. The highest BCUT2D eigenvalue weighted by Crippen LogP contribution is 2.27. The number of para-hydroxylation sites is 1. The molecule has 0 radical (unpaired) electrons. The van der Waals surface area contributed by atoms with E-state index in [9.17, 15) is 4.79 Å². The number of nitrogens with zero attached hydrogens (tertiary/aromatic N) is 6. The van der Waals surface area contributed by atoms with E-state index in [1.807, 2.05) is 26.0 Å². The Balaban J connectivity index is 2.16. The van der Waals surface area contributed by atoms with Gasteiger partial charge in [-0.25, -0.2) is 4.98 Å². The fourth-order valence-electron chi connectivity index (χ4n) is 3.20. The molecule has 4 rings (SSSR count). The summed E-state index contributed by atoms with van der Waals surface area (Å²) in [7, 11) is 1.59. The zero-order valence-corrected chi connectivity index (χ0v) is 15.3. The molecule has 0 bridgehead atoms. The maximum absolute atomic E-state index is 13.3. The minimum absolute atomic E-state index is 0.0770. The molecule has 1 aromatic carbocycles. The number of ether oxygens (including phenoxy) is 1. The van der Waals surface area contributed by atoms with Crippen LogP contribution in [-0.2, 0) is 11.3 Å². The molecule has 0 aliphatic heterocycles. The maximum Gasteiger partial charge on any atom is 0.279 e. The van der Waals surface area contributed by atoms with Crippen molar-refractivity contribution < 1.29 is 4.74 Å². The molecule has 26 heavy (non-hydrogen) atoms. The third-order valence-corrected chi connectivity index (χ3v) is 4.57. The molecule has 0 aliphatic carbocycles. The van der Waals surface area contributed by atoms with Crippen LogP contribution in [0, 0.1) is 0 Å². The van der Waals surface area contributed by atoms with Crippen LogP contribution in [0.4, 0.5) is 0 Å². The Hall–Kier alpha value is -2.71. The van der Waals surface area contributed by atoms with E-state index in [4.69, 9.17) is 16.3 Å². The highest BCUT2D eigenvalue weighted by molar-refractivity contribution is 6.35. The lowest BCUT2D eigenvalue weighted by Crippen LogP contribution is -2.25. The number of aromatic nitrogens is 6. The average Bonchev–Trinajstić information content (AvgIpc) is 3.22. The summed E-state index contributed by atoms with van der Waals surface area (Å²) in [6.07, 6.45) is 3.20. The number of methoxy groups -OCH3 is 1. The van der Waals surface area contributed by atoms with Crippen molar-refractivity contribution in [3.63, 3.8) is 0 Å². The second-order valence-electron chi connectivity index (χ2n) is 6.23.